The van der Waals surface area contributed by atoms with E-state index >= 15 is 0 Å². The third-order valence-electron chi connectivity index (χ3n) is 7.23. The Kier molecular flexibility index (Phi) is 6.47. The predicted octanol–water partition coefficient (Wildman–Crippen LogP) is 6.33. The van der Waals surface area contributed by atoms with Crippen LogP contribution in [-0.2, 0) is 12.8 Å². The summed E-state index contributed by atoms with van der Waals surface area (Å²) in [6.07, 6.45) is 8.00. The van der Waals surface area contributed by atoms with E-state index in [9.17, 15) is 0 Å². The molecule has 1 aromatic carbocycles. The molecule has 1 unspecified atom stereocenters. The lowest BCUT2D eigenvalue weighted by Crippen LogP contribution is -2.46. The van der Waals surface area contributed by atoms with Crippen LogP contribution < -0.4 is 4.90 Å². The SMILES string of the molecule is CC(C)(C)C1CCc2c(sc3nc(Cl)nc(N4CCN(C/C=C/c5ccccc5)CC4)c23)C1. The number of nitrogens with zero attached hydrogens (tertiary/aromatic N) is 4. The van der Waals surface area contributed by atoms with E-state index in [1.54, 1.807) is 0 Å². The second-order valence-corrected chi connectivity index (χ2v) is 11.8. The molecular weight excluding hydrogens is 448 g/mol. The second kappa shape index (κ2) is 9.36. The first kappa shape index (κ1) is 22.8. The lowest BCUT2D eigenvalue weighted by molar-refractivity contribution is 0.218. The van der Waals surface area contributed by atoms with Crippen LogP contribution in [0.3, 0.4) is 0 Å². The average molecular weight is 481 g/mol. The van der Waals surface area contributed by atoms with E-state index in [2.05, 4.69) is 78.0 Å². The number of halogens is 1. The van der Waals surface area contributed by atoms with Gasteiger partial charge in [-0.2, -0.15) is 4.98 Å². The summed E-state index contributed by atoms with van der Waals surface area (Å²) in [4.78, 5) is 16.9. The molecule has 0 radical (unpaired) electrons. The van der Waals surface area contributed by atoms with Crippen molar-refractivity contribution in [2.75, 3.05) is 37.6 Å². The van der Waals surface area contributed by atoms with Crippen molar-refractivity contribution in [2.45, 2.75) is 40.0 Å². The molecule has 0 N–H and O–H groups in total. The summed E-state index contributed by atoms with van der Waals surface area (Å²) in [5.74, 6) is 1.77. The van der Waals surface area contributed by atoms with Crippen molar-refractivity contribution < 1.29 is 0 Å². The van der Waals surface area contributed by atoms with Crippen molar-refractivity contribution in [3.63, 3.8) is 0 Å². The molecule has 4 nitrogen and oxygen atoms in total. The monoisotopic (exact) mass is 480 g/mol. The fraction of sp³-hybridized carbons (Fsp3) is 0.481. The minimum absolute atomic E-state index is 0.339. The molecule has 1 saturated heterocycles. The zero-order valence-electron chi connectivity index (χ0n) is 19.9. The molecule has 2 aromatic heterocycles. The number of benzene rings is 1. The third-order valence-corrected chi connectivity index (χ3v) is 8.55. The van der Waals surface area contributed by atoms with Gasteiger partial charge in [0, 0.05) is 37.6 Å². The molecule has 174 valence electrons. The highest BCUT2D eigenvalue weighted by Gasteiger charge is 2.33. The molecule has 6 heteroatoms. The molecular formula is C27H33ClN4S. The minimum Gasteiger partial charge on any atom is -0.353 e. The molecule has 1 fully saturated rings. The molecule has 0 saturated carbocycles. The Bertz CT molecular complexity index is 1140. The standard InChI is InChI=1S/C27H33ClN4S/c1-27(2,3)20-11-12-21-22(18-20)33-25-23(21)24(29-26(28)30-25)32-16-14-31(15-17-32)13-7-10-19-8-5-4-6-9-19/h4-10,20H,11-18H2,1-3H3/b10-7+. The number of rotatable bonds is 4. The number of fused-ring (bicyclic) bond motifs is 3. The van der Waals surface area contributed by atoms with E-state index < -0.39 is 0 Å². The highest BCUT2D eigenvalue weighted by Crippen LogP contribution is 2.45. The lowest BCUT2D eigenvalue weighted by Gasteiger charge is -2.36. The van der Waals surface area contributed by atoms with Crippen molar-refractivity contribution in [1.29, 1.82) is 0 Å². The number of hydrogen-bond donors (Lipinski definition) is 0. The molecule has 2 aliphatic rings. The molecule has 3 heterocycles. The fourth-order valence-electron chi connectivity index (χ4n) is 5.15. The van der Waals surface area contributed by atoms with Crippen LogP contribution >= 0.6 is 22.9 Å². The maximum atomic E-state index is 6.40. The molecule has 0 bridgehead atoms. The van der Waals surface area contributed by atoms with Crippen molar-refractivity contribution in [2.24, 2.45) is 11.3 Å². The van der Waals surface area contributed by atoms with Gasteiger partial charge in [-0.3, -0.25) is 4.90 Å². The van der Waals surface area contributed by atoms with Crippen LogP contribution in [0.1, 0.15) is 43.2 Å². The zero-order valence-corrected chi connectivity index (χ0v) is 21.4. The Morgan fingerprint density at radius 2 is 1.85 bits per heavy atom. The summed E-state index contributed by atoms with van der Waals surface area (Å²) in [6, 6.07) is 10.5. The normalized spacial score (nSPS) is 20.0. The van der Waals surface area contributed by atoms with Gasteiger partial charge in [-0.25, -0.2) is 4.98 Å². The number of aromatic nitrogens is 2. The summed E-state index contributed by atoms with van der Waals surface area (Å²) in [6.45, 7) is 12.1. The Morgan fingerprint density at radius 1 is 1.09 bits per heavy atom. The average Bonchev–Trinajstić information content (AvgIpc) is 3.16. The maximum Gasteiger partial charge on any atom is 0.225 e. The molecule has 0 spiro atoms. The van der Waals surface area contributed by atoms with Gasteiger partial charge in [-0.1, -0.05) is 63.3 Å². The van der Waals surface area contributed by atoms with Gasteiger partial charge < -0.3 is 4.90 Å². The largest absolute Gasteiger partial charge is 0.353 e. The van der Waals surface area contributed by atoms with Gasteiger partial charge in [0.25, 0.3) is 0 Å². The quantitative estimate of drug-likeness (QED) is 0.408. The molecule has 5 rings (SSSR count). The highest BCUT2D eigenvalue weighted by molar-refractivity contribution is 7.19. The molecule has 0 amide bonds. The number of thiophene rings is 1. The summed E-state index contributed by atoms with van der Waals surface area (Å²) in [5.41, 5.74) is 3.08. The van der Waals surface area contributed by atoms with Crippen LogP contribution in [-0.4, -0.2) is 47.6 Å². The van der Waals surface area contributed by atoms with Crippen LogP contribution in [0.4, 0.5) is 5.82 Å². The first-order valence-corrected chi connectivity index (χ1v) is 13.2. The lowest BCUT2D eigenvalue weighted by atomic mass is 9.72. The van der Waals surface area contributed by atoms with E-state index in [4.69, 9.17) is 16.6 Å². The van der Waals surface area contributed by atoms with Gasteiger partial charge in [0.15, 0.2) is 0 Å². The Balaban J connectivity index is 1.31. The molecule has 3 aromatic rings. The molecule has 1 aliphatic heterocycles. The van der Waals surface area contributed by atoms with Gasteiger partial charge >= 0.3 is 0 Å². The van der Waals surface area contributed by atoms with Gasteiger partial charge in [0.1, 0.15) is 10.6 Å². The van der Waals surface area contributed by atoms with E-state index in [1.165, 1.54) is 27.8 Å². The number of aryl methyl sites for hydroxylation is 1. The Morgan fingerprint density at radius 3 is 2.58 bits per heavy atom. The Labute approximate surface area is 206 Å². The zero-order chi connectivity index (χ0) is 23.0. The summed E-state index contributed by atoms with van der Waals surface area (Å²) >= 11 is 8.24. The molecule has 33 heavy (non-hydrogen) atoms. The maximum absolute atomic E-state index is 6.40. The van der Waals surface area contributed by atoms with E-state index in [1.807, 2.05) is 11.3 Å². The predicted molar refractivity (Wildman–Crippen MR) is 142 cm³/mol. The fourth-order valence-corrected chi connectivity index (χ4v) is 6.65. The third kappa shape index (κ3) is 4.96. The summed E-state index contributed by atoms with van der Waals surface area (Å²) in [7, 11) is 0. The minimum atomic E-state index is 0.339. The van der Waals surface area contributed by atoms with Crippen LogP contribution in [0, 0.1) is 11.3 Å². The van der Waals surface area contributed by atoms with Gasteiger partial charge in [0.2, 0.25) is 5.28 Å². The van der Waals surface area contributed by atoms with Gasteiger partial charge in [-0.05, 0) is 53.3 Å². The Hall–Kier alpha value is -1.95. The van der Waals surface area contributed by atoms with Crippen LogP contribution in [0.25, 0.3) is 16.3 Å². The number of piperazine rings is 1. The number of hydrogen-bond acceptors (Lipinski definition) is 5. The van der Waals surface area contributed by atoms with Gasteiger partial charge in [-0.15, -0.1) is 11.3 Å². The number of anilines is 1. The topological polar surface area (TPSA) is 32.3 Å². The smallest absolute Gasteiger partial charge is 0.225 e. The van der Waals surface area contributed by atoms with Gasteiger partial charge in [0.05, 0.1) is 5.39 Å². The van der Waals surface area contributed by atoms with Crippen molar-refractivity contribution in [3.8, 4) is 0 Å². The van der Waals surface area contributed by atoms with E-state index in [0.717, 1.165) is 62.1 Å². The first-order chi connectivity index (χ1) is 15.9. The molecule has 1 aliphatic carbocycles. The summed E-state index contributed by atoms with van der Waals surface area (Å²) in [5, 5.41) is 1.64. The van der Waals surface area contributed by atoms with Crippen LogP contribution in [0.15, 0.2) is 36.4 Å². The van der Waals surface area contributed by atoms with Crippen molar-refractivity contribution in [1.82, 2.24) is 14.9 Å². The van der Waals surface area contributed by atoms with Crippen LogP contribution in [0.2, 0.25) is 5.28 Å². The highest BCUT2D eigenvalue weighted by atomic mass is 35.5. The second-order valence-electron chi connectivity index (χ2n) is 10.4. The van der Waals surface area contributed by atoms with E-state index in [-0.39, 0.29) is 0 Å². The first-order valence-electron chi connectivity index (χ1n) is 12.0. The summed E-state index contributed by atoms with van der Waals surface area (Å²) < 4.78 is 0. The van der Waals surface area contributed by atoms with Crippen LogP contribution in [0.5, 0.6) is 0 Å². The molecule has 1 atom stereocenters. The van der Waals surface area contributed by atoms with Crippen molar-refractivity contribution in [3.05, 3.63) is 57.7 Å². The van der Waals surface area contributed by atoms with E-state index in [0.29, 0.717) is 10.7 Å². The van der Waals surface area contributed by atoms with Crippen molar-refractivity contribution >= 4 is 45.0 Å².